The van der Waals surface area contributed by atoms with Crippen LogP contribution in [0.25, 0.3) is 0 Å². The molecule has 0 bridgehead atoms. The number of carbonyl (C=O) groups excluding carboxylic acids is 1. The van der Waals surface area contributed by atoms with E-state index < -0.39 is 5.91 Å². The molecule has 29 heavy (non-hydrogen) atoms. The molecule has 152 valence electrons. The molecule has 2 aromatic carbocycles. The van der Waals surface area contributed by atoms with E-state index in [0.29, 0.717) is 18.0 Å². The molecule has 0 fully saturated rings. The van der Waals surface area contributed by atoms with Crippen molar-refractivity contribution in [1.29, 1.82) is 5.26 Å². The molecule has 2 N–H and O–H groups in total. The lowest BCUT2D eigenvalue weighted by Crippen LogP contribution is -2.25. The Morgan fingerprint density at radius 3 is 2.34 bits per heavy atom. The fourth-order valence-electron chi connectivity index (χ4n) is 2.60. The van der Waals surface area contributed by atoms with E-state index >= 15 is 0 Å². The molecular formula is C22H25N3O4. The van der Waals surface area contributed by atoms with Crippen molar-refractivity contribution >= 4 is 5.91 Å². The fraction of sp³-hybridized carbons (Fsp3) is 0.273. The molecule has 0 radical (unpaired) electrons. The highest BCUT2D eigenvalue weighted by atomic mass is 16.5. The zero-order valence-corrected chi connectivity index (χ0v) is 17.0. The molecule has 0 aliphatic rings. The summed E-state index contributed by atoms with van der Waals surface area (Å²) in [5.74, 6) is 1.54. The molecule has 0 saturated carbocycles. The number of nitriles is 1. The summed E-state index contributed by atoms with van der Waals surface area (Å²) in [6.45, 7) is 2.23. The van der Waals surface area contributed by atoms with Crippen LogP contribution in [0.2, 0.25) is 0 Å². The van der Waals surface area contributed by atoms with Crippen LogP contribution < -0.4 is 24.8 Å². The van der Waals surface area contributed by atoms with E-state index in [9.17, 15) is 10.1 Å². The fourth-order valence-corrected chi connectivity index (χ4v) is 2.60. The summed E-state index contributed by atoms with van der Waals surface area (Å²) in [5.41, 5.74) is 1.82. The van der Waals surface area contributed by atoms with Gasteiger partial charge in [0.1, 0.15) is 17.4 Å². The molecule has 0 saturated heterocycles. The van der Waals surface area contributed by atoms with Gasteiger partial charge >= 0.3 is 0 Å². The number of benzene rings is 2. The number of methoxy groups -OCH3 is 3. The Labute approximate surface area is 170 Å². The quantitative estimate of drug-likeness (QED) is 0.501. The van der Waals surface area contributed by atoms with Gasteiger partial charge < -0.3 is 24.8 Å². The first-order valence-corrected chi connectivity index (χ1v) is 9.01. The predicted octanol–water partition coefficient (Wildman–Crippen LogP) is 3.09. The number of nitrogens with one attached hydrogen (secondary N) is 2. The van der Waals surface area contributed by atoms with Crippen LogP contribution in [0.3, 0.4) is 0 Å². The van der Waals surface area contributed by atoms with Gasteiger partial charge in [0.2, 0.25) is 0 Å². The lowest BCUT2D eigenvalue weighted by molar-refractivity contribution is -0.117. The lowest BCUT2D eigenvalue weighted by atomic mass is 10.1. The van der Waals surface area contributed by atoms with E-state index in [0.717, 1.165) is 16.9 Å². The van der Waals surface area contributed by atoms with Gasteiger partial charge in [-0.15, -0.1) is 0 Å². The molecule has 7 nitrogen and oxygen atoms in total. The molecule has 0 spiro atoms. The molecule has 0 aliphatic heterocycles. The number of carbonyl (C=O) groups is 1. The van der Waals surface area contributed by atoms with E-state index in [-0.39, 0.29) is 11.6 Å². The maximum atomic E-state index is 12.3. The average molecular weight is 395 g/mol. The molecule has 0 aromatic heterocycles. The highest BCUT2D eigenvalue weighted by Crippen LogP contribution is 2.29. The zero-order chi connectivity index (χ0) is 21.2. The van der Waals surface area contributed by atoms with Gasteiger partial charge in [-0.3, -0.25) is 4.79 Å². The third-order valence-electron chi connectivity index (χ3n) is 4.36. The maximum Gasteiger partial charge on any atom is 0.263 e. The Morgan fingerprint density at radius 2 is 1.76 bits per heavy atom. The van der Waals surface area contributed by atoms with Crippen molar-refractivity contribution in [3.63, 3.8) is 0 Å². The summed E-state index contributed by atoms with van der Waals surface area (Å²) in [6.07, 6.45) is 1.42. The highest BCUT2D eigenvalue weighted by Gasteiger charge is 2.12. The summed E-state index contributed by atoms with van der Waals surface area (Å²) >= 11 is 0. The van der Waals surface area contributed by atoms with Crippen LogP contribution in [0, 0.1) is 11.3 Å². The lowest BCUT2D eigenvalue weighted by Gasteiger charge is -2.15. The van der Waals surface area contributed by atoms with Gasteiger partial charge in [0.25, 0.3) is 5.91 Å². The van der Waals surface area contributed by atoms with Crippen molar-refractivity contribution in [3.05, 3.63) is 65.4 Å². The van der Waals surface area contributed by atoms with Crippen LogP contribution in [0.5, 0.6) is 17.2 Å². The Hall–Kier alpha value is -3.66. The Morgan fingerprint density at radius 1 is 1.07 bits per heavy atom. The van der Waals surface area contributed by atoms with E-state index in [4.69, 9.17) is 14.2 Å². The normalized spacial score (nSPS) is 11.8. The topological polar surface area (TPSA) is 92.6 Å². The smallest absolute Gasteiger partial charge is 0.263 e. The molecule has 2 rings (SSSR count). The predicted molar refractivity (Wildman–Crippen MR) is 110 cm³/mol. The SMILES string of the molecule is COc1ccc(CNC(=O)/C(C#N)=C\NC(C)c2ccc(OC)c(OC)c2)cc1. The van der Waals surface area contributed by atoms with Crippen molar-refractivity contribution in [2.75, 3.05) is 21.3 Å². The first kappa shape index (κ1) is 21.6. The van der Waals surface area contributed by atoms with Crippen LogP contribution >= 0.6 is 0 Å². The second kappa shape index (κ2) is 10.6. The van der Waals surface area contributed by atoms with Gasteiger partial charge in [-0.05, 0) is 42.3 Å². The number of ether oxygens (including phenoxy) is 3. The third-order valence-corrected chi connectivity index (χ3v) is 4.36. The largest absolute Gasteiger partial charge is 0.497 e. The van der Waals surface area contributed by atoms with Gasteiger partial charge in [0.15, 0.2) is 11.5 Å². The van der Waals surface area contributed by atoms with Crippen LogP contribution in [-0.2, 0) is 11.3 Å². The molecule has 2 aromatic rings. The van der Waals surface area contributed by atoms with E-state index in [1.54, 1.807) is 21.3 Å². The van der Waals surface area contributed by atoms with Crippen LogP contribution in [0.1, 0.15) is 24.1 Å². The second-order valence-electron chi connectivity index (χ2n) is 6.20. The van der Waals surface area contributed by atoms with Crippen molar-refractivity contribution in [1.82, 2.24) is 10.6 Å². The maximum absolute atomic E-state index is 12.3. The van der Waals surface area contributed by atoms with Gasteiger partial charge in [0.05, 0.1) is 21.3 Å². The minimum absolute atomic E-state index is 0.00848. The Kier molecular flexibility index (Phi) is 7.92. The molecule has 0 heterocycles. The third kappa shape index (κ3) is 5.91. The van der Waals surface area contributed by atoms with Crippen LogP contribution in [0.15, 0.2) is 54.2 Å². The van der Waals surface area contributed by atoms with Gasteiger partial charge in [0, 0.05) is 18.8 Å². The summed E-state index contributed by atoms with van der Waals surface area (Å²) in [4.78, 5) is 12.3. The first-order chi connectivity index (χ1) is 14.0. The highest BCUT2D eigenvalue weighted by molar-refractivity contribution is 5.97. The summed E-state index contributed by atoms with van der Waals surface area (Å²) in [5, 5.41) is 15.1. The summed E-state index contributed by atoms with van der Waals surface area (Å²) in [6, 6.07) is 14.7. The standard InChI is InChI=1S/C22H25N3O4/c1-15(17-7-10-20(28-3)21(11-17)29-4)24-14-18(12-23)22(26)25-13-16-5-8-19(27-2)9-6-16/h5-11,14-15,24H,13H2,1-4H3,(H,25,26)/b18-14-. The van der Waals surface area contributed by atoms with Crippen molar-refractivity contribution in [2.24, 2.45) is 0 Å². The number of rotatable bonds is 9. The van der Waals surface area contributed by atoms with Gasteiger partial charge in [-0.1, -0.05) is 18.2 Å². The van der Waals surface area contributed by atoms with Crippen molar-refractivity contribution < 1.29 is 19.0 Å². The minimum Gasteiger partial charge on any atom is -0.497 e. The molecule has 0 aliphatic carbocycles. The van der Waals surface area contributed by atoms with E-state index in [1.165, 1.54) is 6.20 Å². The number of nitrogens with zero attached hydrogens (tertiary/aromatic N) is 1. The number of amides is 1. The number of hydrogen-bond acceptors (Lipinski definition) is 6. The summed E-state index contributed by atoms with van der Waals surface area (Å²) < 4.78 is 15.6. The van der Waals surface area contributed by atoms with E-state index in [1.807, 2.05) is 55.5 Å². The Balaban J connectivity index is 1.99. The molecule has 1 amide bonds. The van der Waals surface area contributed by atoms with Gasteiger partial charge in [-0.2, -0.15) is 5.26 Å². The van der Waals surface area contributed by atoms with Crippen molar-refractivity contribution in [3.8, 4) is 23.3 Å². The monoisotopic (exact) mass is 395 g/mol. The molecule has 1 unspecified atom stereocenters. The minimum atomic E-state index is -0.449. The Bertz CT molecular complexity index is 901. The summed E-state index contributed by atoms with van der Waals surface area (Å²) in [7, 11) is 4.74. The molecular weight excluding hydrogens is 370 g/mol. The molecule has 1 atom stereocenters. The van der Waals surface area contributed by atoms with Crippen LogP contribution in [-0.4, -0.2) is 27.2 Å². The average Bonchev–Trinajstić information content (AvgIpc) is 2.77. The first-order valence-electron chi connectivity index (χ1n) is 9.01. The van der Waals surface area contributed by atoms with E-state index in [2.05, 4.69) is 10.6 Å². The zero-order valence-electron chi connectivity index (χ0n) is 17.0. The van der Waals surface area contributed by atoms with Gasteiger partial charge in [-0.25, -0.2) is 0 Å². The van der Waals surface area contributed by atoms with Crippen molar-refractivity contribution in [2.45, 2.75) is 19.5 Å². The van der Waals surface area contributed by atoms with Crippen LogP contribution in [0.4, 0.5) is 0 Å². The number of hydrogen-bond donors (Lipinski definition) is 2. The molecule has 7 heteroatoms. The second-order valence-corrected chi connectivity index (χ2v) is 6.20.